The second-order valence-electron chi connectivity index (χ2n) is 8.40. The van der Waals surface area contributed by atoms with Crippen molar-refractivity contribution in [1.29, 1.82) is 0 Å². The molecule has 7 heteroatoms. The summed E-state index contributed by atoms with van der Waals surface area (Å²) >= 11 is 0. The SMILES string of the molecule is CCCNC(=O)C1CCCN(C(=O)c2cccc(OCc3cn4cc(C)ccc4n3)c2)C1. The zero-order valence-corrected chi connectivity index (χ0v) is 18.7. The Kier molecular flexibility index (Phi) is 6.73. The molecule has 2 aromatic heterocycles. The Hall–Kier alpha value is -3.35. The maximum absolute atomic E-state index is 13.1. The number of carbonyl (C=O) groups is 2. The van der Waals surface area contributed by atoms with Crippen molar-refractivity contribution < 1.29 is 14.3 Å². The van der Waals surface area contributed by atoms with Gasteiger partial charge < -0.3 is 19.4 Å². The standard InChI is InChI=1S/C25H30N4O3/c1-3-11-26-24(30)20-7-5-12-28(15-20)25(31)19-6-4-8-22(13-19)32-17-21-16-29-14-18(2)9-10-23(29)27-21/h4,6,8-10,13-14,16,20H,3,5,7,11-12,15,17H2,1-2H3,(H,26,30). The molecule has 1 aliphatic heterocycles. The average Bonchev–Trinajstić information content (AvgIpc) is 3.23. The van der Waals surface area contributed by atoms with Gasteiger partial charge in [0.1, 0.15) is 18.0 Å². The minimum atomic E-state index is -0.141. The van der Waals surface area contributed by atoms with Gasteiger partial charge in [0.15, 0.2) is 0 Å². The highest BCUT2D eigenvalue weighted by Crippen LogP contribution is 2.21. The number of aryl methyl sites for hydroxylation is 1. The Morgan fingerprint density at radius 1 is 1.22 bits per heavy atom. The van der Waals surface area contributed by atoms with E-state index in [0.29, 0.717) is 37.6 Å². The molecule has 32 heavy (non-hydrogen) atoms. The van der Waals surface area contributed by atoms with E-state index in [0.717, 1.165) is 36.2 Å². The van der Waals surface area contributed by atoms with Crippen molar-refractivity contribution in [2.75, 3.05) is 19.6 Å². The van der Waals surface area contributed by atoms with Gasteiger partial charge in [-0.3, -0.25) is 9.59 Å². The molecule has 1 N–H and O–H groups in total. The minimum Gasteiger partial charge on any atom is -0.487 e. The zero-order chi connectivity index (χ0) is 22.5. The molecule has 1 aromatic carbocycles. The summed E-state index contributed by atoms with van der Waals surface area (Å²) in [5, 5.41) is 2.95. The van der Waals surface area contributed by atoms with Crippen molar-refractivity contribution >= 4 is 17.5 Å². The van der Waals surface area contributed by atoms with Crippen LogP contribution in [0.4, 0.5) is 0 Å². The molecule has 0 saturated carbocycles. The van der Waals surface area contributed by atoms with Gasteiger partial charge in [0.2, 0.25) is 5.91 Å². The molecule has 168 valence electrons. The van der Waals surface area contributed by atoms with Crippen molar-refractivity contribution in [3.8, 4) is 5.75 Å². The molecule has 0 aliphatic carbocycles. The van der Waals surface area contributed by atoms with E-state index >= 15 is 0 Å². The van der Waals surface area contributed by atoms with Gasteiger partial charge in [0, 0.05) is 37.6 Å². The lowest BCUT2D eigenvalue weighted by Crippen LogP contribution is -2.45. The van der Waals surface area contributed by atoms with Gasteiger partial charge in [0.05, 0.1) is 11.6 Å². The summed E-state index contributed by atoms with van der Waals surface area (Å²) in [4.78, 5) is 31.8. The molecule has 1 unspecified atom stereocenters. The number of ether oxygens (including phenoxy) is 1. The highest BCUT2D eigenvalue weighted by Gasteiger charge is 2.28. The lowest BCUT2D eigenvalue weighted by Gasteiger charge is -2.32. The molecular weight excluding hydrogens is 404 g/mol. The van der Waals surface area contributed by atoms with Gasteiger partial charge in [-0.05, 0) is 56.0 Å². The molecule has 0 spiro atoms. The van der Waals surface area contributed by atoms with Crippen molar-refractivity contribution in [2.45, 2.75) is 39.7 Å². The monoisotopic (exact) mass is 434 g/mol. The van der Waals surface area contributed by atoms with Crippen molar-refractivity contribution in [2.24, 2.45) is 5.92 Å². The minimum absolute atomic E-state index is 0.0454. The normalized spacial score (nSPS) is 16.2. The summed E-state index contributed by atoms with van der Waals surface area (Å²) in [5.74, 6) is 0.464. The summed E-state index contributed by atoms with van der Waals surface area (Å²) in [6.45, 7) is 6.20. The summed E-state index contributed by atoms with van der Waals surface area (Å²) < 4.78 is 7.91. The number of piperidine rings is 1. The van der Waals surface area contributed by atoms with Crippen molar-refractivity contribution in [3.63, 3.8) is 0 Å². The third-order valence-electron chi connectivity index (χ3n) is 5.75. The first-order valence-corrected chi connectivity index (χ1v) is 11.3. The van der Waals surface area contributed by atoms with Crippen LogP contribution in [0, 0.1) is 12.8 Å². The molecule has 1 atom stereocenters. The van der Waals surface area contributed by atoms with Crippen LogP contribution < -0.4 is 10.1 Å². The quantitative estimate of drug-likeness (QED) is 0.617. The average molecular weight is 435 g/mol. The van der Waals surface area contributed by atoms with Gasteiger partial charge >= 0.3 is 0 Å². The van der Waals surface area contributed by atoms with E-state index in [4.69, 9.17) is 4.74 Å². The van der Waals surface area contributed by atoms with Crippen LogP contribution in [0.2, 0.25) is 0 Å². The van der Waals surface area contributed by atoms with Gasteiger partial charge in [-0.2, -0.15) is 0 Å². The molecule has 4 rings (SSSR count). The van der Waals surface area contributed by atoms with E-state index in [-0.39, 0.29) is 17.7 Å². The van der Waals surface area contributed by atoms with Gasteiger partial charge in [0.25, 0.3) is 5.91 Å². The van der Waals surface area contributed by atoms with Gasteiger partial charge in [-0.15, -0.1) is 0 Å². The van der Waals surface area contributed by atoms with Crippen LogP contribution in [-0.2, 0) is 11.4 Å². The number of hydrogen-bond donors (Lipinski definition) is 1. The Morgan fingerprint density at radius 2 is 2.09 bits per heavy atom. The number of imidazole rings is 1. The van der Waals surface area contributed by atoms with Crippen LogP contribution in [0.1, 0.15) is 47.8 Å². The Bertz CT molecular complexity index is 1110. The first kappa shape index (κ1) is 21.9. The summed E-state index contributed by atoms with van der Waals surface area (Å²) in [7, 11) is 0. The van der Waals surface area contributed by atoms with E-state index in [1.165, 1.54) is 0 Å². The number of nitrogens with one attached hydrogen (secondary N) is 1. The van der Waals surface area contributed by atoms with Crippen LogP contribution in [0.15, 0.2) is 48.8 Å². The number of amides is 2. The van der Waals surface area contributed by atoms with Crippen LogP contribution in [0.3, 0.4) is 0 Å². The smallest absolute Gasteiger partial charge is 0.254 e. The molecule has 1 aliphatic rings. The number of nitrogens with zero attached hydrogens (tertiary/aromatic N) is 3. The molecule has 1 saturated heterocycles. The maximum Gasteiger partial charge on any atom is 0.254 e. The molecule has 7 nitrogen and oxygen atoms in total. The summed E-state index contributed by atoms with van der Waals surface area (Å²) in [6.07, 6.45) is 6.54. The molecule has 1 fully saturated rings. The highest BCUT2D eigenvalue weighted by atomic mass is 16.5. The molecule has 0 radical (unpaired) electrons. The third-order valence-corrected chi connectivity index (χ3v) is 5.75. The predicted molar refractivity (Wildman–Crippen MR) is 123 cm³/mol. The number of hydrogen-bond acceptors (Lipinski definition) is 4. The number of carbonyl (C=O) groups excluding carboxylic acids is 2. The van der Waals surface area contributed by atoms with Crippen LogP contribution in [0.5, 0.6) is 5.75 Å². The summed E-state index contributed by atoms with van der Waals surface area (Å²) in [5.41, 5.74) is 3.43. The lowest BCUT2D eigenvalue weighted by atomic mass is 9.96. The van der Waals surface area contributed by atoms with Crippen molar-refractivity contribution in [1.82, 2.24) is 19.6 Å². The van der Waals surface area contributed by atoms with Crippen LogP contribution in [0.25, 0.3) is 5.65 Å². The second-order valence-corrected chi connectivity index (χ2v) is 8.40. The highest BCUT2D eigenvalue weighted by molar-refractivity contribution is 5.95. The largest absolute Gasteiger partial charge is 0.487 e. The number of pyridine rings is 1. The van der Waals surface area contributed by atoms with Crippen LogP contribution in [-0.4, -0.2) is 45.7 Å². The number of rotatable bonds is 7. The molecule has 0 bridgehead atoms. The fourth-order valence-electron chi connectivity index (χ4n) is 4.05. The zero-order valence-electron chi connectivity index (χ0n) is 18.7. The summed E-state index contributed by atoms with van der Waals surface area (Å²) in [6, 6.07) is 11.2. The van der Waals surface area contributed by atoms with E-state index in [2.05, 4.69) is 10.3 Å². The lowest BCUT2D eigenvalue weighted by molar-refractivity contribution is -0.126. The number of fused-ring (bicyclic) bond motifs is 1. The predicted octanol–water partition coefficient (Wildman–Crippen LogP) is 3.60. The Morgan fingerprint density at radius 3 is 2.94 bits per heavy atom. The second kappa shape index (κ2) is 9.85. The Balaban J connectivity index is 1.39. The topological polar surface area (TPSA) is 75.9 Å². The first-order valence-electron chi connectivity index (χ1n) is 11.3. The number of aromatic nitrogens is 2. The Labute approximate surface area is 188 Å². The molecule has 2 amide bonds. The van der Waals surface area contributed by atoms with Gasteiger partial charge in [-0.1, -0.05) is 19.1 Å². The number of benzene rings is 1. The van der Waals surface area contributed by atoms with E-state index in [1.807, 2.05) is 54.9 Å². The molecule has 3 aromatic rings. The van der Waals surface area contributed by atoms with E-state index in [9.17, 15) is 9.59 Å². The third kappa shape index (κ3) is 5.10. The van der Waals surface area contributed by atoms with Crippen LogP contribution >= 0.6 is 0 Å². The molecule has 3 heterocycles. The fourth-order valence-corrected chi connectivity index (χ4v) is 4.05. The maximum atomic E-state index is 13.1. The van der Waals surface area contributed by atoms with E-state index < -0.39 is 0 Å². The van der Waals surface area contributed by atoms with Crippen molar-refractivity contribution in [3.05, 3.63) is 65.6 Å². The fraction of sp³-hybridized carbons (Fsp3) is 0.400. The number of likely N-dealkylation sites (tertiary alicyclic amines) is 1. The van der Waals surface area contributed by atoms with E-state index in [1.54, 1.807) is 17.0 Å². The van der Waals surface area contributed by atoms with Gasteiger partial charge in [-0.25, -0.2) is 4.98 Å². The first-order chi connectivity index (χ1) is 15.5. The molecular formula is C25H30N4O3.